The van der Waals surface area contributed by atoms with Gasteiger partial charge in [-0.25, -0.2) is 0 Å². The Kier molecular flexibility index (Phi) is 8.02. The molecule has 5 heteroatoms. The van der Waals surface area contributed by atoms with E-state index in [1.807, 2.05) is 7.05 Å². The van der Waals surface area contributed by atoms with Crippen molar-refractivity contribution in [1.82, 2.24) is 10.2 Å². The van der Waals surface area contributed by atoms with Gasteiger partial charge in [-0.1, -0.05) is 19.8 Å². The van der Waals surface area contributed by atoms with Crippen molar-refractivity contribution in [3.63, 3.8) is 0 Å². The molecule has 19 heavy (non-hydrogen) atoms. The van der Waals surface area contributed by atoms with Crippen LogP contribution in [0.25, 0.3) is 0 Å². The van der Waals surface area contributed by atoms with Crippen LogP contribution < -0.4 is 5.32 Å². The van der Waals surface area contributed by atoms with Crippen molar-refractivity contribution in [3.8, 4) is 0 Å². The molecule has 112 valence electrons. The van der Waals surface area contributed by atoms with Gasteiger partial charge >= 0.3 is 0 Å². The summed E-state index contributed by atoms with van der Waals surface area (Å²) in [5.41, 5.74) is 0. The van der Waals surface area contributed by atoms with Crippen molar-refractivity contribution < 1.29 is 14.6 Å². The summed E-state index contributed by atoms with van der Waals surface area (Å²) in [6.45, 7) is 4.31. The lowest BCUT2D eigenvalue weighted by molar-refractivity contribution is -0.122. The second kappa shape index (κ2) is 9.28. The van der Waals surface area contributed by atoms with Crippen LogP contribution in [-0.4, -0.2) is 61.9 Å². The number of hydrogen-bond donors (Lipinski definition) is 2. The van der Waals surface area contributed by atoms with Gasteiger partial charge in [-0.3, -0.25) is 9.69 Å². The smallest absolute Gasteiger partial charge is 0.234 e. The average molecular weight is 272 g/mol. The first kappa shape index (κ1) is 16.4. The second-order valence-electron chi connectivity index (χ2n) is 5.48. The Bertz CT molecular complexity index is 261. The molecule has 0 heterocycles. The standard InChI is InChI=1S/C14H28N2O3/c1-12-5-3-4-6-13(12)19-10-7-15-14(18)11-16(2)8-9-17/h12-13,17H,3-11H2,1-2H3,(H,15,18). The second-order valence-corrected chi connectivity index (χ2v) is 5.48. The summed E-state index contributed by atoms with van der Waals surface area (Å²) in [6.07, 6.45) is 5.34. The molecule has 1 saturated carbocycles. The SMILES string of the molecule is CC1CCCCC1OCCNC(=O)CN(C)CCO. The van der Waals surface area contributed by atoms with Crippen molar-refractivity contribution in [1.29, 1.82) is 0 Å². The van der Waals surface area contributed by atoms with Gasteiger partial charge in [0, 0.05) is 13.1 Å². The number of aliphatic hydroxyl groups excluding tert-OH is 1. The van der Waals surface area contributed by atoms with Gasteiger partial charge in [-0.15, -0.1) is 0 Å². The van der Waals surface area contributed by atoms with E-state index in [1.165, 1.54) is 19.3 Å². The van der Waals surface area contributed by atoms with Crippen LogP contribution in [0.15, 0.2) is 0 Å². The van der Waals surface area contributed by atoms with Crippen molar-refractivity contribution in [3.05, 3.63) is 0 Å². The number of carbonyl (C=O) groups is 1. The summed E-state index contributed by atoms with van der Waals surface area (Å²) in [4.78, 5) is 13.3. The third kappa shape index (κ3) is 6.89. The maximum Gasteiger partial charge on any atom is 0.234 e. The summed E-state index contributed by atoms with van der Waals surface area (Å²) in [5, 5.41) is 11.6. The summed E-state index contributed by atoms with van der Waals surface area (Å²) in [7, 11) is 1.82. The van der Waals surface area contributed by atoms with Crippen LogP contribution in [0.3, 0.4) is 0 Å². The molecule has 1 amide bonds. The third-order valence-corrected chi connectivity index (χ3v) is 3.68. The molecule has 0 saturated heterocycles. The molecule has 5 nitrogen and oxygen atoms in total. The summed E-state index contributed by atoms with van der Waals surface area (Å²) >= 11 is 0. The summed E-state index contributed by atoms with van der Waals surface area (Å²) in [5.74, 6) is 0.622. The van der Waals surface area contributed by atoms with E-state index in [0.29, 0.717) is 38.3 Å². The molecule has 0 aromatic rings. The molecule has 2 unspecified atom stereocenters. The predicted octanol–water partition coefficient (Wildman–Crippen LogP) is 0.622. The van der Waals surface area contributed by atoms with Gasteiger partial charge in [0.25, 0.3) is 0 Å². The molecule has 1 aliphatic carbocycles. The van der Waals surface area contributed by atoms with Crippen molar-refractivity contribution in [2.45, 2.75) is 38.7 Å². The first-order chi connectivity index (χ1) is 9.13. The Hall–Kier alpha value is -0.650. The van der Waals surface area contributed by atoms with Crippen molar-refractivity contribution in [2.24, 2.45) is 5.92 Å². The minimum Gasteiger partial charge on any atom is -0.395 e. The highest BCUT2D eigenvalue weighted by Gasteiger charge is 2.21. The van der Waals surface area contributed by atoms with E-state index in [9.17, 15) is 4.79 Å². The molecular formula is C14H28N2O3. The van der Waals surface area contributed by atoms with E-state index in [0.717, 1.165) is 6.42 Å². The normalized spacial score (nSPS) is 23.6. The number of amides is 1. The van der Waals surface area contributed by atoms with E-state index in [4.69, 9.17) is 9.84 Å². The molecule has 2 atom stereocenters. The summed E-state index contributed by atoms with van der Waals surface area (Å²) in [6, 6.07) is 0. The van der Waals surface area contributed by atoms with E-state index < -0.39 is 0 Å². The third-order valence-electron chi connectivity index (χ3n) is 3.68. The molecule has 0 bridgehead atoms. The zero-order valence-corrected chi connectivity index (χ0v) is 12.2. The number of carbonyl (C=O) groups excluding carboxylic acids is 1. The molecule has 1 fully saturated rings. The molecule has 0 spiro atoms. The number of nitrogens with one attached hydrogen (secondary N) is 1. The molecule has 0 aliphatic heterocycles. The number of rotatable bonds is 8. The molecular weight excluding hydrogens is 244 g/mol. The lowest BCUT2D eigenvalue weighted by Gasteiger charge is -2.28. The lowest BCUT2D eigenvalue weighted by atomic mass is 9.88. The average Bonchev–Trinajstić information content (AvgIpc) is 2.36. The fourth-order valence-electron chi connectivity index (χ4n) is 2.48. The van der Waals surface area contributed by atoms with Gasteiger partial charge in [0.15, 0.2) is 0 Å². The molecule has 1 aliphatic rings. The van der Waals surface area contributed by atoms with Gasteiger partial charge in [0.05, 0.1) is 25.9 Å². The Morgan fingerprint density at radius 3 is 2.84 bits per heavy atom. The van der Waals surface area contributed by atoms with Gasteiger partial charge in [-0.05, 0) is 25.8 Å². The van der Waals surface area contributed by atoms with Crippen LogP contribution in [0.5, 0.6) is 0 Å². The highest BCUT2D eigenvalue weighted by molar-refractivity contribution is 5.77. The van der Waals surface area contributed by atoms with Crippen molar-refractivity contribution >= 4 is 5.91 Å². The molecule has 0 radical (unpaired) electrons. The van der Waals surface area contributed by atoms with Crippen LogP contribution in [0.2, 0.25) is 0 Å². The van der Waals surface area contributed by atoms with Crippen LogP contribution >= 0.6 is 0 Å². The van der Waals surface area contributed by atoms with Crippen LogP contribution in [0, 0.1) is 5.92 Å². The van der Waals surface area contributed by atoms with Crippen LogP contribution in [0.4, 0.5) is 0 Å². The maximum atomic E-state index is 11.6. The van der Waals surface area contributed by atoms with E-state index in [-0.39, 0.29) is 12.5 Å². The van der Waals surface area contributed by atoms with E-state index in [1.54, 1.807) is 4.90 Å². The topological polar surface area (TPSA) is 61.8 Å². The van der Waals surface area contributed by atoms with Crippen LogP contribution in [0.1, 0.15) is 32.6 Å². The maximum absolute atomic E-state index is 11.6. The van der Waals surface area contributed by atoms with Gasteiger partial charge in [0.2, 0.25) is 5.91 Å². The van der Waals surface area contributed by atoms with Crippen LogP contribution in [-0.2, 0) is 9.53 Å². The first-order valence-corrected chi connectivity index (χ1v) is 7.31. The van der Waals surface area contributed by atoms with E-state index >= 15 is 0 Å². The largest absolute Gasteiger partial charge is 0.395 e. The number of hydrogen-bond acceptors (Lipinski definition) is 4. The highest BCUT2D eigenvalue weighted by Crippen LogP contribution is 2.25. The fraction of sp³-hybridized carbons (Fsp3) is 0.929. The number of aliphatic hydroxyl groups is 1. The molecule has 1 rings (SSSR count). The zero-order chi connectivity index (χ0) is 14.1. The minimum absolute atomic E-state index is 0.0174. The zero-order valence-electron chi connectivity index (χ0n) is 12.2. The number of ether oxygens (including phenoxy) is 1. The van der Waals surface area contributed by atoms with E-state index in [2.05, 4.69) is 12.2 Å². The lowest BCUT2D eigenvalue weighted by Crippen LogP contribution is -2.38. The number of nitrogens with zero attached hydrogens (tertiary/aromatic N) is 1. The Labute approximate surface area is 116 Å². The number of likely N-dealkylation sites (N-methyl/N-ethyl adjacent to an activating group) is 1. The quantitative estimate of drug-likeness (QED) is 0.636. The molecule has 0 aromatic carbocycles. The highest BCUT2D eigenvalue weighted by atomic mass is 16.5. The van der Waals surface area contributed by atoms with Gasteiger partial charge < -0.3 is 15.2 Å². The molecule has 0 aromatic heterocycles. The first-order valence-electron chi connectivity index (χ1n) is 7.31. The Morgan fingerprint density at radius 2 is 2.16 bits per heavy atom. The predicted molar refractivity (Wildman–Crippen MR) is 75.0 cm³/mol. The monoisotopic (exact) mass is 272 g/mol. The Morgan fingerprint density at radius 1 is 1.42 bits per heavy atom. The van der Waals surface area contributed by atoms with Crippen molar-refractivity contribution in [2.75, 3.05) is 39.9 Å². The minimum atomic E-state index is -0.0174. The van der Waals surface area contributed by atoms with Gasteiger partial charge in [0.1, 0.15) is 0 Å². The molecule has 2 N–H and O–H groups in total. The Balaban J connectivity index is 2.05. The van der Waals surface area contributed by atoms with Gasteiger partial charge in [-0.2, -0.15) is 0 Å². The fourth-order valence-corrected chi connectivity index (χ4v) is 2.48. The summed E-state index contributed by atoms with van der Waals surface area (Å²) < 4.78 is 5.83.